The van der Waals surface area contributed by atoms with Crippen molar-refractivity contribution in [1.29, 1.82) is 0 Å². The van der Waals surface area contributed by atoms with Crippen molar-refractivity contribution in [3.8, 4) is 0 Å². The van der Waals surface area contributed by atoms with Crippen LogP contribution in [-0.2, 0) is 74.5 Å². The standard InChI is InChI=1S/C36H44ClFN4O6.C18H14ClFN2O3.C18H32N2O4/c1-4-47-36(45)22-9-11-26(12-10-22)48-21-25-15-24(41-18-27(19-41)46-3)17-42(25)34(43)14-23-13-30(37)32(16-31(23)38)39-35(44)29-20-40(2)33-8-6-5-7-28(29)33;1-22-9-12(11-4-2-3-5-16(11)22)18(25)21-15-8-14(20)10(6-13(15)19)7-17(23)24;1-3-23-18(21)13-4-6-16(7-5-13)24-12-14-8-15(9-19-14)20-10-17(11-20)22-2/h5-8,13,16,20,22,24-27H,4,9-12,14-15,17-19,21H2,1-3H3,(H,39,44);2-6,8-9H,7H2,1H3,(H,21,25)(H,23,24);13-17,19H,3-12H2,1-2H3/t22?,24-,25-,26?;;13?,14-,15-,16?/m0.0/s1. The molecule has 524 valence electrons. The van der Waals surface area contributed by atoms with E-state index in [9.17, 15) is 33.2 Å². The van der Waals surface area contributed by atoms with Crippen molar-refractivity contribution in [2.45, 2.75) is 139 Å². The third-order valence-electron chi connectivity index (χ3n) is 19.7. The van der Waals surface area contributed by atoms with Crippen molar-refractivity contribution in [2.24, 2.45) is 25.9 Å². The molecule has 6 fully saturated rings. The van der Waals surface area contributed by atoms with Crippen molar-refractivity contribution >= 4 is 92.0 Å². The summed E-state index contributed by atoms with van der Waals surface area (Å²) in [5.74, 6) is -3.72. The van der Waals surface area contributed by atoms with Crippen LogP contribution in [0.4, 0.5) is 20.2 Å². The smallest absolute Gasteiger partial charge is 0.308 e. The average molecular weight is 1380 g/mol. The molecule has 4 aliphatic heterocycles. The van der Waals surface area contributed by atoms with Crippen LogP contribution in [0.3, 0.4) is 0 Å². The zero-order chi connectivity index (χ0) is 69.0. The van der Waals surface area contributed by atoms with Gasteiger partial charge in [-0.15, -0.1) is 0 Å². The number of likely N-dealkylation sites (tertiary alicyclic amines) is 3. The first-order valence-corrected chi connectivity index (χ1v) is 34.5. The number of ether oxygens (including phenoxy) is 6. The fourth-order valence-corrected chi connectivity index (χ4v) is 14.6. The van der Waals surface area contributed by atoms with Gasteiger partial charge in [0.05, 0.1) is 114 Å². The number of nitrogens with one attached hydrogen (secondary N) is 3. The summed E-state index contributed by atoms with van der Waals surface area (Å²) in [6.45, 7) is 11.0. The zero-order valence-electron chi connectivity index (χ0n) is 56.0. The van der Waals surface area contributed by atoms with E-state index < -0.39 is 35.8 Å². The van der Waals surface area contributed by atoms with Crippen LogP contribution in [0.15, 0.2) is 85.2 Å². The second kappa shape index (κ2) is 33.7. The molecule has 6 heterocycles. The molecule has 2 aromatic heterocycles. The highest BCUT2D eigenvalue weighted by Crippen LogP contribution is 2.35. The van der Waals surface area contributed by atoms with Gasteiger partial charge in [-0.1, -0.05) is 59.6 Å². The molecular formula is C72H90Cl2F2N8O13. The molecule has 3 amide bonds. The van der Waals surface area contributed by atoms with Crippen LogP contribution in [-0.4, -0.2) is 193 Å². The number of rotatable bonds is 22. The molecule has 2 aliphatic carbocycles. The van der Waals surface area contributed by atoms with Crippen LogP contribution < -0.4 is 16.0 Å². The molecule has 0 radical (unpaired) electrons. The van der Waals surface area contributed by atoms with Crippen LogP contribution in [0.5, 0.6) is 0 Å². The number of anilines is 2. The first kappa shape index (κ1) is 72.7. The second-order valence-corrected chi connectivity index (χ2v) is 27.0. The Morgan fingerprint density at radius 1 is 0.588 bits per heavy atom. The van der Waals surface area contributed by atoms with Crippen LogP contribution in [0, 0.1) is 23.5 Å². The first-order chi connectivity index (χ1) is 46.7. The van der Waals surface area contributed by atoms with E-state index in [-0.39, 0.29) is 92.9 Å². The van der Waals surface area contributed by atoms with E-state index in [1.165, 1.54) is 18.2 Å². The van der Waals surface area contributed by atoms with Gasteiger partial charge in [-0.05, 0) is 120 Å². The zero-order valence-corrected chi connectivity index (χ0v) is 57.5. The summed E-state index contributed by atoms with van der Waals surface area (Å²) in [5, 5.41) is 19.4. The molecule has 4 N–H and O–H groups in total. The van der Waals surface area contributed by atoms with Crippen molar-refractivity contribution in [2.75, 3.05) is 90.5 Å². The maximum absolute atomic E-state index is 15.5. The van der Waals surface area contributed by atoms with E-state index in [2.05, 4.69) is 25.8 Å². The number of amides is 3. The van der Waals surface area contributed by atoms with Gasteiger partial charge in [0, 0.05) is 125 Å². The lowest BCUT2D eigenvalue weighted by Gasteiger charge is -2.42. The van der Waals surface area contributed by atoms with E-state index in [4.69, 9.17) is 56.7 Å². The lowest BCUT2D eigenvalue weighted by molar-refractivity contribution is -0.151. The Balaban J connectivity index is 0.000000175. The third kappa shape index (κ3) is 18.2. The molecule has 12 rings (SSSR count). The van der Waals surface area contributed by atoms with E-state index in [1.54, 1.807) is 26.6 Å². The number of aromatic nitrogens is 2. The number of esters is 2. The maximum atomic E-state index is 15.5. The van der Waals surface area contributed by atoms with Crippen molar-refractivity contribution in [1.82, 2.24) is 29.2 Å². The summed E-state index contributed by atoms with van der Waals surface area (Å²) in [7, 11) is 7.18. The van der Waals surface area contributed by atoms with Gasteiger partial charge >= 0.3 is 17.9 Å². The third-order valence-corrected chi connectivity index (χ3v) is 20.4. The van der Waals surface area contributed by atoms with E-state index in [0.717, 1.165) is 131 Å². The summed E-state index contributed by atoms with van der Waals surface area (Å²) in [6, 6.07) is 20.9. The number of carbonyl (C=O) groups is 6. The minimum Gasteiger partial charge on any atom is -0.481 e. The number of aryl methyl sites for hydroxylation is 2. The SMILES string of the molecule is CCOC(=O)C1CCC(OC[C@@H]2C[C@H](N3CC(OC)C3)CN2)CC1.CCOC(=O)C1CCC(OC[C@@H]2C[C@H](N3CC(OC)C3)CN2C(=O)Cc2cc(Cl)c(NC(=O)c3cn(C)c4ccccc34)cc2F)CC1.Cn1cc(C(=O)Nc2cc(F)c(CC(=O)O)cc2Cl)c2ccccc21. The molecule has 0 spiro atoms. The number of nitrogens with zero attached hydrogens (tertiary/aromatic N) is 5. The molecule has 0 unspecified atom stereocenters. The molecule has 4 saturated heterocycles. The Morgan fingerprint density at radius 3 is 1.51 bits per heavy atom. The molecule has 6 aliphatic rings. The quantitative estimate of drug-likeness (QED) is 0.0463. The summed E-state index contributed by atoms with van der Waals surface area (Å²) < 4.78 is 66.8. The van der Waals surface area contributed by atoms with Gasteiger partial charge in [-0.3, -0.25) is 38.6 Å². The van der Waals surface area contributed by atoms with E-state index >= 15 is 4.39 Å². The average Bonchev–Trinajstić information content (AvgIpc) is 1.70. The normalized spacial score (nSPS) is 23.0. The second-order valence-electron chi connectivity index (χ2n) is 26.2. The van der Waals surface area contributed by atoms with E-state index in [0.29, 0.717) is 61.8 Å². The van der Waals surface area contributed by atoms with Gasteiger partial charge in [0.2, 0.25) is 5.91 Å². The molecule has 4 atom stereocenters. The van der Waals surface area contributed by atoms with Crippen LogP contribution in [0.1, 0.15) is 110 Å². The van der Waals surface area contributed by atoms with Gasteiger partial charge in [-0.25, -0.2) is 8.78 Å². The van der Waals surface area contributed by atoms with Gasteiger partial charge in [0.1, 0.15) is 11.6 Å². The van der Waals surface area contributed by atoms with Gasteiger partial charge in [0.15, 0.2) is 0 Å². The number of carbonyl (C=O) groups excluding carboxylic acids is 5. The molecule has 21 nitrogen and oxygen atoms in total. The maximum Gasteiger partial charge on any atom is 0.308 e. The lowest BCUT2D eigenvalue weighted by atomic mass is 9.87. The summed E-state index contributed by atoms with van der Waals surface area (Å²) >= 11 is 12.6. The topological polar surface area (TPSA) is 234 Å². The lowest BCUT2D eigenvalue weighted by Crippen LogP contribution is -2.56. The summed E-state index contributed by atoms with van der Waals surface area (Å²) in [5.41, 5.74) is 3.02. The number of carboxylic acids is 1. The molecule has 97 heavy (non-hydrogen) atoms. The highest BCUT2D eigenvalue weighted by Gasteiger charge is 2.43. The van der Waals surface area contributed by atoms with Gasteiger partial charge in [0.25, 0.3) is 11.8 Å². The number of methoxy groups -OCH3 is 2. The minimum atomic E-state index is -1.16. The van der Waals surface area contributed by atoms with Crippen LogP contribution >= 0.6 is 23.2 Å². The molecule has 0 bridgehead atoms. The van der Waals surface area contributed by atoms with Crippen molar-refractivity contribution < 1.29 is 71.1 Å². The number of hydrogen-bond acceptors (Lipinski definition) is 15. The Kier molecular flexibility index (Phi) is 25.2. The predicted molar refractivity (Wildman–Crippen MR) is 365 cm³/mol. The summed E-state index contributed by atoms with van der Waals surface area (Å²) in [4.78, 5) is 80.8. The Morgan fingerprint density at radius 2 is 1.04 bits per heavy atom. The molecular weight excluding hydrogens is 1290 g/mol. The van der Waals surface area contributed by atoms with Crippen molar-refractivity contribution in [3.05, 3.63) is 129 Å². The number of halogens is 4. The number of fused-ring (bicyclic) bond motifs is 2. The predicted octanol–water partition coefficient (Wildman–Crippen LogP) is 10.2. The number of benzene rings is 4. The largest absolute Gasteiger partial charge is 0.481 e. The van der Waals surface area contributed by atoms with Crippen molar-refractivity contribution in [3.63, 3.8) is 0 Å². The van der Waals surface area contributed by atoms with Gasteiger partial charge in [-0.2, -0.15) is 0 Å². The van der Waals surface area contributed by atoms with Gasteiger partial charge < -0.3 is 63.5 Å². The molecule has 4 aromatic carbocycles. The minimum absolute atomic E-state index is 0.0152. The first-order valence-electron chi connectivity index (χ1n) is 33.7. The molecule has 6 aromatic rings. The Labute approximate surface area is 574 Å². The number of hydrogen-bond donors (Lipinski definition) is 4. The monoisotopic (exact) mass is 1380 g/mol. The van der Waals surface area contributed by atoms with Crippen LogP contribution in [0.2, 0.25) is 10.0 Å². The highest BCUT2D eigenvalue weighted by molar-refractivity contribution is 6.34. The fraction of sp³-hybridized carbons (Fsp3) is 0.528. The Bertz CT molecular complexity index is 3750. The molecule has 25 heteroatoms. The number of para-hydroxylation sites is 2. The number of aliphatic carboxylic acids is 1. The summed E-state index contributed by atoms with van der Waals surface area (Å²) in [6.07, 6.45) is 12.3. The Hall–Kier alpha value is -7.06. The number of carboxylic acid groups (broad SMARTS) is 1. The fourth-order valence-electron chi connectivity index (χ4n) is 14.1. The van der Waals surface area contributed by atoms with E-state index in [1.807, 2.05) is 90.5 Å². The highest BCUT2D eigenvalue weighted by atomic mass is 35.5. The molecule has 2 saturated carbocycles. The van der Waals surface area contributed by atoms with Crippen LogP contribution in [0.25, 0.3) is 21.8 Å².